The van der Waals surface area contributed by atoms with Gasteiger partial charge in [0.05, 0.1) is 24.0 Å². The first-order chi connectivity index (χ1) is 26.9. The van der Waals surface area contributed by atoms with Gasteiger partial charge in [-0.3, -0.25) is 24.2 Å². The van der Waals surface area contributed by atoms with Gasteiger partial charge in [-0.15, -0.1) is 0 Å². The van der Waals surface area contributed by atoms with Crippen molar-refractivity contribution in [1.82, 2.24) is 31.2 Å². The highest BCUT2D eigenvalue weighted by Gasteiger charge is 2.59. The highest BCUT2D eigenvalue weighted by atomic mass is 16.2. The highest BCUT2D eigenvalue weighted by Crippen LogP contribution is 2.55. The van der Waals surface area contributed by atoms with Gasteiger partial charge in [-0.25, -0.2) is 4.98 Å². The van der Waals surface area contributed by atoms with Crippen molar-refractivity contribution in [3.63, 3.8) is 0 Å². The van der Waals surface area contributed by atoms with Gasteiger partial charge in [-0.2, -0.15) is 0 Å². The van der Waals surface area contributed by atoms with Crippen LogP contribution in [0.2, 0.25) is 0 Å². The van der Waals surface area contributed by atoms with Gasteiger partial charge in [-0.05, 0) is 89.0 Å². The van der Waals surface area contributed by atoms with E-state index >= 15 is 0 Å². The molecule has 5 N–H and O–H groups in total. The first kappa shape index (κ1) is 42.5. The molecule has 0 unspecified atom stereocenters. The summed E-state index contributed by atoms with van der Waals surface area (Å²) in [5, 5.41) is 12.5. The summed E-state index contributed by atoms with van der Waals surface area (Å²) < 4.78 is 0. The third-order valence-corrected chi connectivity index (χ3v) is 13.2. The molecule has 4 atom stereocenters. The van der Waals surface area contributed by atoms with Gasteiger partial charge in [0, 0.05) is 32.2 Å². The second-order valence-electron chi connectivity index (χ2n) is 20.1. The number of H-pyrrole nitrogens is 1. The molecular weight excluding hydrogens is 727 g/mol. The molecule has 310 valence electrons. The zero-order valence-corrected chi connectivity index (χ0v) is 36.5. The number of aromatic nitrogens is 2. The number of rotatable bonds is 13. The summed E-state index contributed by atoms with van der Waals surface area (Å²) >= 11 is 0. The lowest BCUT2D eigenvalue weighted by Crippen LogP contribution is -2.64. The minimum absolute atomic E-state index is 0.175. The van der Waals surface area contributed by atoms with Gasteiger partial charge in [0.1, 0.15) is 16.9 Å². The molecule has 3 aliphatic rings. The van der Waals surface area contributed by atoms with Crippen LogP contribution in [0.3, 0.4) is 0 Å². The van der Waals surface area contributed by atoms with Gasteiger partial charge in [0.2, 0.25) is 23.6 Å². The minimum Gasteiger partial charge on any atom is -0.345 e. The fourth-order valence-electron chi connectivity index (χ4n) is 8.24. The number of carbonyl (C=O) groups excluding carboxylic acids is 4. The molecule has 3 aromatic rings. The summed E-state index contributed by atoms with van der Waals surface area (Å²) in [6.07, 6.45) is 7.85. The summed E-state index contributed by atoms with van der Waals surface area (Å²) in [5.74, 6) is -0.175. The topological polar surface area (TPSA) is 157 Å². The van der Waals surface area contributed by atoms with E-state index in [4.69, 9.17) is 9.98 Å². The molecule has 0 saturated heterocycles. The normalized spacial score (nSPS) is 19.9. The maximum atomic E-state index is 13.9. The third kappa shape index (κ3) is 8.41. The largest absolute Gasteiger partial charge is 0.345 e. The SMILES string of the molecule is CC(=O)N[C@@](C)(C(=O)N[C@H](C1=NC=C(c2ccc(-c3ccc(-c4cnc([C@@H](NC(=O)[C@](C)(NC(C)=O)C5(C)CC5)C(C)(C)C)[nH]4)cc3)cc2)C1)C(C)(C)C)C1(C)CC1. The minimum atomic E-state index is -1.03. The number of imidazole rings is 1. The van der Waals surface area contributed by atoms with Gasteiger partial charge in [0.25, 0.3) is 0 Å². The molecule has 58 heavy (non-hydrogen) atoms. The molecule has 2 heterocycles. The van der Waals surface area contributed by atoms with E-state index < -0.39 is 17.1 Å². The maximum absolute atomic E-state index is 13.9. The molecule has 4 amide bonds. The lowest BCUT2D eigenvalue weighted by atomic mass is 9.79. The molecule has 0 spiro atoms. The number of carbonyl (C=O) groups is 4. The Morgan fingerprint density at radius 3 is 1.47 bits per heavy atom. The van der Waals surface area contributed by atoms with Crippen LogP contribution in [0.1, 0.15) is 133 Å². The maximum Gasteiger partial charge on any atom is 0.246 e. The molecule has 1 aromatic heterocycles. The smallest absolute Gasteiger partial charge is 0.246 e. The van der Waals surface area contributed by atoms with Gasteiger partial charge in [0.15, 0.2) is 0 Å². The van der Waals surface area contributed by atoms with E-state index in [0.29, 0.717) is 12.2 Å². The number of nitrogens with zero attached hydrogens (tertiary/aromatic N) is 2. The summed E-state index contributed by atoms with van der Waals surface area (Å²) in [5.41, 5.74) is 3.74. The fraction of sp³-hybridized carbons (Fsp3) is 0.532. The Labute approximate surface area is 344 Å². The van der Waals surface area contributed by atoms with Crippen molar-refractivity contribution in [3.8, 4) is 22.4 Å². The lowest BCUT2D eigenvalue weighted by molar-refractivity contribution is -0.136. The van der Waals surface area contributed by atoms with E-state index in [-0.39, 0.29) is 51.3 Å². The number of benzene rings is 2. The van der Waals surface area contributed by atoms with Crippen LogP contribution in [-0.4, -0.2) is 56.4 Å². The van der Waals surface area contributed by atoms with Crippen LogP contribution in [-0.2, 0) is 19.2 Å². The zero-order valence-electron chi connectivity index (χ0n) is 36.5. The van der Waals surface area contributed by atoms with Gasteiger partial charge in [-0.1, -0.05) is 104 Å². The highest BCUT2D eigenvalue weighted by molar-refractivity contribution is 6.04. The van der Waals surface area contributed by atoms with Crippen molar-refractivity contribution >= 4 is 34.9 Å². The summed E-state index contributed by atoms with van der Waals surface area (Å²) in [6, 6.07) is 16.0. The second-order valence-corrected chi connectivity index (χ2v) is 20.1. The summed E-state index contributed by atoms with van der Waals surface area (Å²) in [7, 11) is 0. The fourth-order valence-corrected chi connectivity index (χ4v) is 8.24. The molecule has 6 rings (SSSR count). The van der Waals surface area contributed by atoms with Crippen LogP contribution in [0.15, 0.2) is 65.9 Å². The van der Waals surface area contributed by atoms with Crippen LogP contribution in [0.5, 0.6) is 0 Å². The van der Waals surface area contributed by atoms with Gasteiger partial charge >= 0.3 is 0 Å². The number of hydrogen-bond acceptors (Lipinski definition) is 6. The molecule has 0 bridgehead atoms. The Morgan fingerprint density at radius 2 is 1.05 bits per heavy atom. The van der Waals surface area contributed by atoms with Crippen molar-refractivity contribution in [1.29, 1.82) is 0 Å². The number of hydrogen-bond donors (Lipinski definition) is 5. The van der Waals surface area contributed by atoms with Crippen LogP contribution in [0.25, 0.3) is 28.0 Å². The standard InChI is InChI=1S/C47H63N7O4/c1-28(55)53-46(11,44(9)21-22-44)40(57)51-37(42(3,4)5)35-25-34(26-48-35)32-15-13-30(14-16-32)31-17-19-33(20-18-31)36-27-49-39(50-36)38(43(6,7)8)52-41(58)47(12,54-29(2)56)45(10)23-24-45/h13-20,26-27,37-38H,21-25H2,1-12H3,(H,49,50)(H,51,57)(H,52,58)(H,53,55)(H,54,56)/t37-,38-,46+,47+/m1/s1. The zero-order chi connectivity index (χ0) is 42.6. The van der Waals surface area contributed by atoms with E-state index in [1.807, 2.05) is 27.0 Å². The van der Waals surface area contributed by atoms with Crippen molar-refractivity contribution in [3.05, 3.63) is 72.3 Å². The van der Waals surface area contributed by atoms with Crippen LogP contribution >= 0.6 is 0 Å². The van der Waals surface area contributed by atoms with E-state index in [9.17, 15) is 19.2 Å². The Morgan fingerprint density at radius 1 is 0.638 bits per heavy atom. The molecule has 11 heteroatoms. The first-order valence-corrected chi connectivity index (χ1v) is 20.6. The van der Waals surface area contributed by atoms with Crippen LogP contribution in [0, 0.1) is 21.7 Å². The first-order valence-electron chi connectivity index (χ1n) is 20.6. The number of amides is 4. The van der Waals surface area contributed by atoms with Crippen molar-refractivity contribution in [2.45, 2.75) is 138 Å². The third-order valence-electron chi connectivity index (χ3n) is 13.2. The Balaban J connectivity index is 1.12. The van der Waals surface area contributed by atoms with E-state index in [2.05, 4.69) is 123 Å². The molecule has 1 aliphatic heterocycles. The van der Waals surface area contributed by atoms with Crippen molar-refractivity contribution in [2.24, 2.45) is 26.7 Å². The number of aromatic amines is 1. The van der Waals surface area contributed by atoms with Gasteiger partial charge < -0.3 is 26.3 Å². The molecule has 2 aliphatic carbocycles. The van der Waals surface area contributed by atoms with E-state index in [1.165, 1.54) is 13.8 Å². The van der Waals surface area contributed by atoms with Crippen molar-refractivity contribution in [2.75, 3.05) is 0 Å². The monoisotopic (exact) mass is 789 g/mol. The summed E-state index contributed by atoms with van der Waals surface area (Å²) in [4.78, 5) is 65.1. The van der Waals surface area contributed by atoms with Crippen molar-refractivity contribution < 1.29 is 19.2 Å². The van der Waals surface area contributed by atoms with E-state index in [1.54, 1.807) is 6.20 Å². The average molecular weight is 790 g/mol. The number of allylic oxidation sites excluding steroid dienone is 1. The molecule has 2 fully saturated rings. The predicted octanol–water partition coefficient (Wildman–Crippen LogP) is 8.05. The lowest BCUT2D eigenvalue weighted by Gasteiger charge is -2.39. The number of nitrogens with one attached hydrogen (secondary N) is 5. The molecule has 11 nitrogen and oxygen atoms in total. The second kappa shape index (κ2) is 15.0. The number of aliphatic imine (C=N–C) groups is 1. The predicted molar refractivity (Wildman–Crippen MR) is 230 cm³/mol. The van der Waals surface area contributed by atoms with Crippen LogP contribution in [0.4, 0.5) is 0 Å². The Hall–Kier alpha value is -5.06. The summed E-state index contributed by atoms with van der Waals surface area (Å²) in [6.45, 7) is 23.2. The van der Waals surface area contributed by atoms with E-state index in [0.717, 1.165) is 64.9 Å². The molecular formula is C47H63N7O4. The molecule has 2 aromatic carbocycles. The average Bonchev–Trinajstić information content (AvgIpc) is 3.94. The van der Waals surface area contributed by atoms with Crippen LogP contribution < -0.4 is 21.3 Å². The quantitative estimate of drug-likeness (QED) is 0.118. The Bertz CT molecular complexity index is 2140. The Kier molecular flexibility index (Phi) is 11.0. The molecule has 2 saturated carbocycles. The molecule has 0 radical (unpaired) electrons.